The first-order chi connectivity index (χ1) is 14.4. The van der Waals surface area contributed by atoms with Gasteiger partial charge in [0.15, 0.2) is 0 Å². The Morgan fingerprint density at radius 2 is 1.80 bits per heavy atom. The number of aromatic hydroxyl groups is 1. The smallest absolute Gasteiger partial charge is 0.341 e. The third-order valence-electron chi connectivity index (χ3n) is 4.67. The fourth-order valence-corrected chi connectivity index (χ4v) is 3.24. The summed E-state index contributed by atoms with van der Waals surface area (Å²) in [5.74, 6) is -1.26. The van der Waals surface area contributed by atoms with E-state index in [0.29, 0.717) is 11.4 Å². The van der Waals surface area contributed by atoms with Crippen molar-refractivity contribution in [3.8, 4) is 28.4 Å². The van der Waals surface area contributed by atoms with E-state index in [1.54, 1.807) is 20.1 Å². The van der Waals surface area contributed by atoms with Crippen LogP contribution in [0.15, 0.2) is 54.6 Å². The van der Waals surface area contributed by atoms with Gasteiger partial charge < -0.3 is 29.0 Å². The van der Waals surface area contributed by atoms with Crippen LogP contribution >= 0.6 is 0 Å². The van der Waals surface area contributed by atoms with Gasteiger partial charge in [0.2, 0.25) is 0 Å². The van der Waals surface area contributed by atoms with E-state index in [-0.39, 0.29) is 30.8 Å². The number of hydrogen-bond donors (Lipinski definition) is 1. The molecule has 1 heterocycles. The number of carboxylic acids is 1. The molecular formula is C23H22NO6-. The summed E-state index contributed by atoms with van der Waals surface area (Å²) in [5, 5.41) is 21.4. The average molecular weight is 408 g/mol. The van der Waals surface area contributed by atoms with Crippen molar-refractivity contribution < 1.29 is 29.3 Å². The van der Waals surface area contributed by atoms with Gasteiger partial charge in [0.1, 0.15) is 17.1 Å². The third kappa shape index (κ3) is 4.46. The fraction of sp³-hybridized carbons (Fsp3) is 0.217. The molecule has 0 fully saturated rings. The number of carbonyl (C=O) groups is 2. The van der Waals surface area contributed by atoms with Crippen LogP contribution in [0.3, 0.4) is 0 Å². The summed E-state index contributed by atoms with van der Waals surface area (Å²) < 4.78 is 12.0. The van der Waals surface area contributed by atoms with Gasteiger partial charge in [0, 0.05) is 23.4 Å². The Morgan fingerprint density at radius 3 is 2.40 bits per heavy atom. The standard InChI is InChI=1S/C23H23NO6/c1-3-30-23(28)19-11-6-17(14-21(19)25)24-16(8-13-22(26)27)7-12-20(24)15-4-9-18(29-2)10-5-15/h4-7,9-12,14,25H,3,8,13H2,1-2H3,(H,26,27)/p-1. The minimum absolute atomic E-state index is 0.0649. The molecule has 0 saturated carbocycles. The Bertz CT molecular complexity index is 1050. The van der Waals surface area contributed by atoms with Gasteiger partial charge >= 0.3 is 5.97 Å². The van der Waals surface area contributed by atoms with E-state index in [1.807, 2.05) is 41.0 Å². The maximum Gasteiger partial charge on any atom is 0.341 e. The van der Waals surface area contributed by atoms with Gasteiger partial charge in [-0.25, -0.2) is 4.79 Å². The highest BCUT2D eigenvalue weighted by molar-refractivity contribution is 5.92. The quantitative estimate of drug-likeness (QED) is 0.575. The Morgan fingerprint density at radius 1 is 1.07 bits per heavy atom. The molecule has 0 unspecified atom stereocenters. The molecule has 7 heteroatoms. The minimum Gasteiger partial charge on any atom is -0.550 e. The summed E-state index contributed by atoms with van der Waals surface area (Å²) in [6.07, 6.45) is 0.109. The highest BCUT2D eigenvalue weighted by Gasteiger charge is 2.17. The van der Waals surface area contributed by atoms with Crippen LogP contribution < -0.4 is 9.84 Å². The lowest BCUT2D eigenvalue weighted by molar-refractivity contribution is -0.305. The number of hydrogen-bond acceptors (Lipinski definition) is 6. The molecule has 0 aliphatic rings. The fourth-order valence-electron chi connectivity index (χ4n) is 3.24. The van der Waals surface area contributed by atoms with Crippen LogP contribution in [-0.2, 0) is 16.0 Å². The van der Waals surface area contributed by atoms with Gasteiger partial charge in [-0.1, -0.05) is 0 Å². The molecule has 0 radical (unpaired) electrons. The largest absolute Gasteiger partial charge is 0.550 e. The van der Waals surface area contributed by atoms with Gasteiger partial charge in [-0.05, 0) is 73.9 Å². The van der Waals surface area contributed by atoms with E-state index in [0.717, 1.165) is 17.0 Å². The first-order valence-corrected chi connectivity index (χ1v) is 9.50. The summed E-state index contributed by atoms with van der Waals surface area (Å²) in [7, 11) is 1.59. The number of methoxy groups -OCH3 is 1. The number of aliphatic carboxylic acids is 1. The average Bonchev–Trinajstić information content (AvgIpc) is 3.16. The first-order valence-electron chi connectivity index (χ1n) is 9.50. The zero-order valence-corrected chi connectivity index (χ0v) is 16.8. The molecule has 1 aromatic heterocycles. The second kappa shape index (κ2) is 9.17. The van der Waals surface area contributed by atoms with Gasteiger partial charge in [-0.3, -0.25) is 0 Å². The van der Waals surface area contributed by atoms with Gasteiger partial charge in [-0.15, -0.1) is 0 Å². The number of aryl methyl sites for hydroxylation is 1. The predicted molar refractivity (Wildman–Crippen MR) is 109 cm³/mol. The molecule has 156 valence electrons. The Labute approximate surface area is 174 Å². The summed E-state index contributed by atoms with van der Waals surface area (Å²) >= 11 is 0. The van der Waals surface area contributed by atoms with Gasteiger partial charge in [-0.2, -0.15) is 0 Å². The number of ether oxygens (including phenoxy) is 2. The Hall–Kier alpha value is -3.74. The molecule has 0 bridgehead atoms. The minimum atomic E-state index is -1.14. The molecule has 0 amide bonds. The Kier molecular flexibility index (Phi) is 6.41. The van der Waals surface area contributed by atoms with E-state index in [2.05, 4.69) is 0 Å². The van der Waals surface area contributed by atoms with E-state index in [9.17, 15) is 19.8 Å². The van der Waals surface area contributed by atoms with Crippen LogP contribution in [0.1, 0.15) is 29.4 Å². The molecule has 0 aliphatic carbocycles. The zero-order chi connectivity index (χ0) is 21.7. The SMILES string of the molecule is CCOC(=O)c1ccc(-n2c(CCC(=O)[O-])ccc2-c2ccc(OC)cc2)cc1O. The summed E-state index contributed by atoms with van der Waals surface area (Å²) in [6.45, 7) is 1.89. The topological polar surface area (TPSA) is 101 Å². The van der Waals surface area contributed by atoms with Crippen molar-refractivity contribution in [2.75, 3.05) is 13.7 Å². The second-order valence-corrected chi connectivity index (χ2v) is 6.57. The number of aromatic nitrogens is 1. The summed E-state index contributed by atoms with van der Waals surface area (Å²) in [4.78, 5) is 23.0. The van der Waals surface area contributed by atoms with E-state index in [4.69, 9.17) is 9.47 Å². The van der Waals surface area contributed by atoms with E-state index < -0.39 is 11.9 Å². The molecule has 0 aliphatic heterocycles. The Balaban J connectivity index is 2.08. The zero-order valence-electron chi connectivity index (χ0n) is 16.8. The molecule has 30 heavy (non-hydrogen) atoms. The van der Waals surface area contributed by atoms with Crippen LogP contribution in [-0.4, -0.2) is 35.3 Å². The maximum atomic E-state index is 12.0. The molecule has 2 aromatic carbocycles. The first kappa shape index (κ1) is 21.0. The van der Waals surface area contributed by atoms with Crippen molar-refractivity contribution >= 4 is 11.9 Å². The van der Waals surface area contributed by atoms with Gasteiger partial charge in [0.05, 0.1) is 19.4 Å². The lowest BCUT2D eigenvalue weighted by atomic mass is 10.1. The number of carboxylic acid groups (broad SMARTS) is 1. The summed E-state index contributed by atoms with van der Waals surface area (Å²) in [5.41, 5.74) is 3.06. The molecule has 0 atom stereocenters. The number of esters is 1. The van der Waals surface area contributed by atoms with Crippen LogP contribution in [0.4, 0.5) is 0 Å². The lowest BCUT2D eigenvalue weighted by Gasteiger charge is -2.16. The number of phenolic OH excluding ortho intramolecular Hbond substituents is 1. The van der Waals surface area contributed by atoms with Crippen molar-refractivity contribution in [3.63, 3.8) is 0 Å². The molecule has 3 rings (SSSR count). The maximum absolute atomic E-state index is 12.0. The molecule has 7 nitrogen and oxygen atoms in total. The number of benzene rings is 2. The van der Waals surface area contributed by atoms with E-state index >= 15 is 0 Å². The number of nitrogens with zero attached hydrogens (tertiary/aromatic N) is 1. The van der Waals surface area contributed by atoms with E-state index in [1.165, 1.54) is 12.1 Å². The molecular weight excluding hydrogens is 386 g/mol. The lowest BCUT2D eigenvalue weighted by Crippen LogP contribution is -2.22. The summed E-state index contributed by atoms with van der Waals surface area (Å²) in [6, 6.07) is 15.8. The molecule has 3 aromatic rings. The second-order valence-electron chi connectivity index (χ2n) is 6.57. The molecule has 0 spiro atoms. The van der Waals surface area contributed by atoms with Crippen molar-refractivity contribution in [2.24, 2.45) is 0 Å². The molecule has 1 N–H and O–H groups in total. The molecule has 0 saturated heterocycles. The van der Waals surface area contributed by atoms with Gasteiger partial charge in [0.25, 0.3) is 0 Å². The van der Waals surface area contributed by atoms with Crippen LogP contribution in [0.2, 0.25) is 0 Å². The predicted octanol–water partition coefficient (Wildman–Crippen LogP) is 2.72. The monoisotopic (exact) mass is 408 g/mol. The van der Waals surface area contributed by atoms with Crippen LogP contribution in [0.5, 0.6) is 11.5 Å². The number of carbonyl (C=O) groups excluding carboxylic acids is 2. The van der Waals surface area contributed by atoms with Crippen molar-refractivity contribution in [1.82, 2.24) is 4.57 Å². The number of phenols is 1. The van der Waals surface area contributed by atoms with Crippen molar-refractivity contribution in [2.45, 2.75) is 19.8 Å². The van der Waals surface area contributed by atoms with Crippen molar-refractivity contribution in [3.05, 3.63) is 65.9 Å². The van der Waals surface area contributed by atoms with Crippen LogP contribution in [0.25, 0.3) is 16.9 Å². The number of rotatable bonds is 8. The van der Waals surface area contributed by atoms with Crippen LogP contribution in [0, 0.1) is 0 Å². The normalized spacial score (nSPS) is 10.6. The highest BCUT2D eigenvalue weighted by atomic mass is 16.5. The third-order valence-corrected chi connectivity index (χ3v) is 4.67. The highest BCUT2D eigenvalue weighted by Crippen LogP contribution is 2.31. The van der Waals surface area contributed by atoms with Crippen molar-refractivity contribution in [1.29, 1.82) is 0 Å².